The minimum atomic E-state index is -7.03. The Morgan fingerprint density at radius 1 is 0.935 bits per heavy atom. The van der Waals surface area contributed by atoms with Gasteiger partial charge < -0.3 is 14.2 Å². The molecule has 1 spiro atoms. The van der Waals surface area contributed by atoms with E-state index < -0.39 is 56.4 Å². The minimum Gasteiger partial charge on any atom is -0.457 e. The van der Waals surface area contributed by atoms with Crippen molar-refractivity contribution in [1.82, 2.24) is 0 Å². The van der Waals surface area contributed by atoms with E-state index in [-0.39, 0.29) is 25.2 Å². The predicted molar refractivity (Wildman–Crippen MR) is 88.0 cm³/mol. The summed E-state index contributed by atoms with van der Waals surface area (Å²) >= 11 is 0. The summed E-state index contributed by atoms with van der Waals surface area (Å²) in [7, 11) is -7.03. The van der Waals surface area contributed by atoms with Crippen molar-refractivity contribution in [2.75, 3.05) is 13.2 Å². The van der Waals surface area contributed by atoms with E-state index in [9.17, 15) is 39.6 Å². The quantitative estimate of drug-likeness (QED) is 0.375. The highest BCUT2D eigenvalue weighted by Gasteiger charge is 2.85. The van der Waals surface area contributed by atoms with Crippen LogP contribution < -0.4 is 0 Å². The Hall–Kier alpha value is -1.12. The number of halogens is 6. The summed E-state index contributed by atoms with van der Waals surface area (Å²) in [5.41, 5.74) is -1.73. The summed E-state index contributed by atoms with van der Waals surface area (Å²) in [5, 5.41) is 0. The van der Waals surface area contributed by atoms with Crippen molar-refractivity contribution in [2.24, 2.45) is 17.8 Å². The molecular formula is C17H20F6O7S. The zero-order valence-corrected chi connectivity index (χ0v) is 16.8. The maximum atomic E-state index is 13.5. The molecule has 1 N–H and O–H groups in total. The fourth-order valence-electron chi connectivity index (χ4n) is 6.07. The lowest BCUT2D eigenvalue weighted by Gasteiger charge is -2.64. The Balaban J connectivity index is 1.70. The van der Waals surface area contributed by atoms with Crippen LogP contribution in [0.3, 0.4) is 0 Å². The van der Waals surface area contributed by atoms with Gasteiger partial charge >= 0.3 is 33.2 Å². The second-order valence-corrected chi connectivity index (χ2v) is 10.4. The van der Waals surface area contributed by atoms with Crippen molar-refractivity contribution in [3.05, 3.63) is 0 Å². The van der Waals surface area contributed by atoms with Gasteiger partial charge in [-0.2, -0.15) is 34.8 Å². The summed E-state index contributed by atoms with van der Waals surface area (Å²) in [6.07, 6.45) is -11.9. The molecule has 178 valence electrons. The lowest BCUT2D eigenvalue weighted by Crippen LogP contribution is -2.71. The van der Waals surface area contributed by atoms with Crippen LogP contribution in [0, 0.1) is 17.8 Å². The van der Waals surface area contributed by atoms with Crippen molar-refractivity contribution in [2.45, 2.75) is 67.0 Å². The number of hydrogen-bond acceptors (Lipinski definition) is 6. The molecule has 4 bridgehead atoms. The van der Waals surface area contributed by atoms with Gasteiger partial charge in [0.2, 0.25) is 0 Å². The number of rotatable bonds is 3. The van der Waals surface area contributed by atoms with E-state index in [2.05, 4.69) is 0 Å². The van der Waals surface area contributed by atoms with Crippen molar-refractivity contribution in [3.8, 4) is 0 Å². The van der Waals surface area contributed by atoms with Crippen LogP contribution in [-0.4, -0.2) is 60.6 Å². The lowest BCUT2D eigenvalue weighted by molar-refractivity contribution is -0.374. The van der Waals surface area contributed by atoms with Crippen LogP contribution in [0.4, 0.5) is 26.3 Å². The molecule has 2 atom stereocenters. The van der Waals surface area contributed by atoms with Crippen LogP contribution in [0.25, 0.3) is 0 Å². The first-order valence-corrected chi connectivity index (χ1v) is 11.1. The molecule has 1 saturated heterocycles. The molecule has 7 nitrogen and oxygen atoms in total. The van der Waals surface area contributed by atoms with Crippen molar-refractivity contribution in [3.63, 3.8) is 0 Å². The molecule has 5 rings (SSSR count). The van der Waals surface area contributed by atoms with Crippen molar-refractivity contribution in [1.29, 1.82) is 0 Å². The molecule has 1 heterocycles. The normalized spacial score (nSPS) is 35.4. The molecule has 0 aromatic rings. The SMILES string of the molecule is O=C(OC12CC3CC(C1)C1(OCCCO1)C(C3)C2)C(C(F)(F)F)(C(F)(F)F)S(=O)(=O)O. The Labute approximate surface area is 173 Å². The van der Waals surface area contributed by atoms with Crippen LogP contribution in [0.15, 0.2) is 0 Å². The Morgan fingerprint density at radius 2 is 1.42 bits per heavy atom. The third-order valence-corrected chi connectivity index (χ3v) is 8.40. The first-order valence-electron chi connectivity index (χ1n) is 9.70. The molecular weight excluding hydrogens is 462 g/mol. The van der Waals surface area contributed by atoms with E-state index in [0.29, 0.717) is 32.5 Å². The summed E-state index contributed by atoms with van der Waals surface area (Å²) in [6, 6.07) is 0. The smallest absolute Gasteiger partial charge is 0.430 e. The molecule has 5 aliphatic rings. The summed E-state index contributed by atoms with van der Waals surface area (Å²) in [6.45, 7) is 0.775. The topological polar surface area (TPSA) is 99.1 Å². The molecule has 5 fully saturated rings. The standard InChI is InChI=1S/C17H20F6O7S/c18-16(19,20)15(17(21,22)23,31(25,26)27)12(24)30-13-6-9-4-10(7-13)14(11(5-9)8-13)28-2-1-3-29-14/h9-11H,1-8H2,(H,25,26,27). The maximum Gasteiger partial charge on any atom is 0.430 e. The number of alkyl halides is 6. The number of carbonyl (C=O) groups excluding carboxylic acids is 1. The first-order chi connectivity index (χ1) is 14.1. The molecule has 0 aromatic heterocycles. The molecule has 0 amide bonds. The van der Waals surface area contributed by atoms with Gasteiger partial charge in [0.15, 0.2) is 5.79 Å². The fourth-order valence-corrected chi connectivity index (χ4v) is 6.91. The largest absolute Gasteiger partial charge is 0.457 e. The van der Waals surface area contributed by atoms with Gasteiger partial charge in [-0.1, -0.05) is 0 Å². The number of ether oxygens (including phenoxy) is 3. The first kappa shape index (κ1) is 23.1. The lowest BCUT2D eigenvalue weighted by atomic mass is 9.51. The second kappa shape index (κ2) is 6.70. The molecule has 1 aliphatic heterocycles. The third-order valence-electron chi connectivity index (χ3n) is 7.00. The van der Waals surface area contributed by atoms with Crippen LogP contribution >= 0.6 is 0 Å². The van der Waals surface area contributed by atoms with Crippen LogP contribution in [0.2, 0.25) is 0 Å². The van der Waals surface area contributed by atoms with E-state index in [1.54, 1.807) is 0 Å². The van der Waals surface area contributed by atoms with E-state index in [1.807, 2.05) is 0 Å². The number of hydrogen-bond donors (Lipinski definition) is 1. The van der Waals surface area contributed by atoms with Gasteiger partial charge in [-0.05, 0) is 44.4 Å². The zero-order valence-electron chi connectivity index (χ0n) is 16.0. The average molecular weight is 482 g/mol. The van der Waals surface area contributed by atoms with Crippen molar-refractivity contribution >= 4 is 16.1 Å². The van der Waals surface area contributed by atoms with E-state index in [1.165, 1.54) is 0 Å². The predicted octanol–water partition coefficient (Wildman–Crippen LogP) is 2.99. The van der Waals surface area contributed by atoms with Gasteiger partial charge in [0.25, 0.3) is 0 Å². The van der Waals surface area contributed by atoms with Gasteiger partial charge in [0.1, 0.15) is 5.60 Å². The van der Waals surface area contributed by atoms with Gasteiger partial charge in [0.05, 0.1) is 13.2 Å². The summed E-state index contributed by atoms with van der Waals surface area (Å²) in [4.78, 5) is 12.4. The Bertz CT molecular complexity index is 829. The highest BCUT2D eigenvalue weighted by molar-refractivity contribution is 7.88. The van der Waals surface area contributed by atoms with Gasteiger partial charge in [-0.25, -0.2) is 4.79 Å². The molecule has 0 aromatic carbocycles. The second-order valence-electron chi connectivity index (χ2n) is 8.84. The molecule has 0 radical (unpaired) electrons. The fraction of sp³-hybridized carbons (Fsp3) is 0.941. The molecule has 4 aliphatic carbocycles. The summed E-state index contributed by atoms with van der Waals surface area (Å²) < 4.78 is 123. The highest BCUT2D eigenvalue weighted by Crippen LogP contribution is 2.63. The van der Waals surface area contributed by atoms with Crippen molar-refractivity contribution < 1.29 is 58.3 Å². The number of carbonyl (C=O) groups is 1. The maximum absolute atomic E-state index is 13.5. The van der Waals surface area contributed by atoms with Gasteiger partial charge in [-0.3, -0.25) is 4.55 Å². The van der Waals surface area contributed by atoms with Crippen LogP contribution in [0.5, 0.6) is 0 Å². The monoisotopic (exact) mass is 482 g/mol. The van der Waals surface area contributed by atoms with E-state index in [0.717, 1.165) is 0 Å². The number of esters is 1. The van der Waals surface area contributed by atoms with Gasteiger partial charge in [0, 0.05) is 11.8 Å². The van der Waals surface area contributed by atoms with Crippen LogP contribution in [-0.2, 0) is 29.1 Å². The van der Waals surface area contributed by atoms with Crippen LogP contribution in [0.1, 0.15) is 38.5 Å². The molecule has 31 heavy (non-hydrogen) atoms. The Kier molecular flexibility index (Phi) is 4.98. The third kappa shape index (κ3) is 3.11. The Morgan fingerprint density at radius 3 is 1.84 bits per heavy atom. The van der Waals surface area contributed by atoms with E-state index >= 15 is 0 Å². The minimum absolute atomic E-state index is 0.000902. The van der Waals surface area contributed by atoms with Gasteiger partial charge in [-0.15, -0.1) is 0 Å². The average Bonchev–Trinajstić information content (AvgIpc) is 2.56. The zero-order chi connectivity index (χ0) is 23.1. The van der Waals surface area contributed by atoms with E-state index in [4.69, 9.17) is 18.8 Å². The molecule has 4 saturated carbocycles. The summed E-state index contributed by atoms with van der Waals surface area (Å²) in [5.74, 6) is -5.12. The molecule has 14 heteroatoms. The highest BCUT2D eigenvalue weighted by atomic mass is 32.2. The molecule has 2 unspecified atom stereocenters.